The van der Waals surface area contributed by atoms with Crippen molar-refractivity contribution in [3.63, 3.8) is 0 Å². The van der Waals surface area contributed by atoms with Crippen molar-refractivity contribution in [1.29, 1.82) is 0 Å². The van der Waals surface area contributed by atoms with Crippen LogP contribution in [0.2, 0.25) is 0 Å². The zero-order chi connectivity index (χ0) is 13.8. The average Bonchev–Trinajstić information content (AvgIpc) is 2.83. The van der Waals surface area contributed by atoms with Crippen LogP contribution in [0.3, 0.4) is 0 Å². The van der Waals surface area contributed by atoms with Crippen molar-refractivity contribution in [2.75, 3.05) is 24.5 Å². The minimum absolute atomic E-state index is 0.0656. The number of hydrogen-bond donors (Lipinski definition) is 2. The predicted molar refractivity (Wildman–Crippen MR) is 76.5 cm³/mol. The van der Waals surface area contributed by atoms with E-state index in [1.54, 1.807) is 18.3 Å². The number of nitrogens with zero attached hydrogens (tertiary/aromatic N) is 2. The number of nitrogens with one attached hydrogen (secondary N) is 1. The molecule has 1 saturated heterocycles. The number of carbonyl (C=O) groups is 1. The smallest absolute Gasteiger partial charge is 0.223 e. The van der Waals surface area contributed by atoms with Crippen molar-refractivity contribution < 1.29 is 9.90 Å². The molecule has 1 aromatic heterocycles. The molecule has 2 rings (SSSR count). The van der Waals surface area contributed by atoms with E-state index in [9.17, 15) is 4.79 Å². The van der Waals surface area contributed by atoms with Crippen molar-refractivity contribution in [3.05, 3.63) is 11.1 Å². The lowest BCUT2D eigenvalue weighted by Gasteiger charge is -2.31. The van der Waals surface area contributed by atoms with Gasteiger partial charge in [-0.1, -0.05) is 0 Å². The molecule has 19 heavy (non-hydrogen) atoms. The highest BCUT2D eigenvalue weighted by Crippen LogP contribution is 2.26. The average molecular weight is 283 g/mol. The van der Waals surface area contributed by atoms with Gasteiger partial charge in [-0.05, 0) is 26.7 Å². The molecule has 1 amide bonds. The number of aliphatic hydroxyl groups is 1. The van der Waals surface area contributed by atoms with E-state index < -0.39 is 6.10 Å². The molecule has 1 aliphatic rings. The fourth-order valence-electron chi connectivity index (χ4n) is 2.21. The number of anilines is 1. The molecule has 0 saturated carbocycles. The van der Waals surface area contributed by atoms with Crippen LogP contribution in [-0.2, 0) is 4.79 Å². The highest BCUT2D eigenvalue weighted by molar-refractivity contribution is 7.13. The molecule has 0 aliphatic carbocycles. The lowest BCUT2D eigenvalue weighted by molar-refractivity contribution is -0.126. The van der Waals surface area contributed by atoms with Crippen LogP contribution in [-0.4, -0.2) is 41.7 Å². The van der Waals surface area contributed by atoms with Gasteiger partial charge in [-0.25, -0.2) is 4.98 Å². The van der Waals surface area contributed by atoms with Crippen molar-refractivity contribution in [2.24, 2.45) is 5.92 Å². The predicted octanol–water partition coefficient (Wildman–Crippen LogP) is 1.16. The molecule has 0 spiro atoms. The van der Waals surface area contributed by atoms with Gasteiger partial charge in [0.15, 0.2) is 5.13 Å². The van der Waals surface area contributed by atoms with Crippen molar-refractivity contribution in [2.45, 2.75) is 32.8 Å². The van der Waals surface area contributed by atoms with Gasteiger partial charge in [0, 0.05) is 30.9 Å². The summed E-state index contributed by atoms with van der Waals surface area (Å²) in [6, 6.07) is 0. The monoisotopic (exact) mass is 283 g/mol. The number of thiazole rings is 1. The number of aromatic nitrogens is 1. The number of piperidine rings is 1. The number of rotatable bonds is 4. The number of aliphatic hydroxyl groups excluding tert-OH is 1. The van der Waals surface area contributed by atoms with Gasteiger partial charge in [-0.15, -0.1) is 11.3 Å². The van der Waals surface area contributed by atoms with Gasteiger partial charge in [-0.2, -0.15) is 0 Å². The van der Waals surface area contributed by atoms with E-state index in [0.29, 0.717) is 6.54 Å². The van der Waals surface area contributed by atoms with Crippen LogP contribution in [0.4, 0.5) is 5.13 Å². The van der Waals surface area contributed by atoms with E-state index in [-0.39, 0.29) is 11.8 Å². The maximum atomic E-state index is 11.9. The second-order valence-corrected chi connectivity index (χ2v) is 5.96. The molecule has 6 heteroatoms. The van der Waals surface area contributed by atoms with E-state index >= 15 is 0 Å². The van der Waals surface area contributed by atoms with Crippen LogP contribution < -0.4 is 10.2 Å². The molecule has 0 aromatic carbocycles. The van der Waals surface area contributed by atoms with Gasteiger partial charge >= 0.3 is 0 Å². The quantitative estimate of drug-likeness (QED) is 0.870. The molecule has 106 valence electrons. The fourth-order valence-corrected chi connectivity index (χ4v) is 3.07. The molecule has 2 N–H and O–H groups in total. The Morgan fingerprint density at radius 3 is 2.84 bits per heavy atom. The minimum Gasteiger partial charge on any atom is -0.392 e. The van der Waals surface area contributed by atoms with Crippen LogP contribution in [0.15, 0.2) is 5.38 Å². The summed E-state index contributed by atoms with van der Waals surface area (Å²) in [5.74, 6) is 0.131. The second-order valence-electron chi connectivity index (χ2n) is 5.13. The molecule has 1 unspecified atom stereocenters. The third-order valence-electron chi connectivity index (χ3n) is 3.31. The lowest BCUT2D eigenvalue weighted by atomic mass is 9.96. The number of hydrogen-bond acceptors (Lipinski definition) is 5. The maximum absolute atomic E-state index is 11.9. The van der Waals surface area contributed by atoms with Crippen LogP contribution >= 0.6 is 11.3 Å². The normalized spacial score (nSPS) is 18.4. The largest absolute Gasteiger partial charge is 0.392 e. The van der Waals surface area contributed by atoms with Gasteiger partial charge in [0.2, 0.25) is 5.91 Å². The first-order valence-electron chi connectivity index (χ1n) is 6.69. The van der Waals surface area contributed by atoms with Crippen LogP contribution in [0.5, 0.6) is 0 Å². The van der Waals surface area contributed by atoms with Gasteiger partial charge in [0.25, 0.3) is 0 Å². The summed E-state index contributed by atoms with van der Waals surface area (Å²) in [7, 11) is 0. The van der Waals surface area contributed by atoms with Gasteiger partial charge in [-0.3, -0.25) is 4.79 Å². The van der Waals surface area contributed by atoms with E-state index in [1.807, 2.05) is 6.92 Å². The van der Waals surface area contributed by atoms with Crippen molar-refractivity contribution in [3.8, 4) is 0 Å². The Morgan fingerprint density at radius 2 is 2.32 bits per heavy atom. The standard InChI is InChI=1S/C13H21N3O2S/c1-9-8-19-13(15-9)16-5-3-11(4-6-16)12(18)14-7-10(2)17/h8,10-11,17H,3-7H2,1-2H3,(H,14,18). The first-order valence-corrected chi connectivity index (χ1v) is 7.57. The molecular weight excluding hydrogens is 262 g/mol. The van der Waals surface area contributed by atoms with Gasteiger partial charge < -0.3 is 15.3 Å². The number of carbonyl (C=O) groups excluding carboxylic acids is 1. The molecular formula is C13H21N3O2S. The van der Waals surface area contributed by atoms with E-state index in [2.05, 4.69) is 20.6 Å². The molecule has 0 bridgehead atoms. The third-order valence-corrected chi connectivity index (χ3v) is 4.33. The molecule has 2 heterocycles. The second kappa shape index (κ2) is 6.34. The summed E-state index contributed by atoms with van der Waals surface area (Å²) in [4.78, 5) is 18.6. The Kier molecular flexibility index (Phi) is 4.76. The Morgan fingerprint density at radius 1 is 1.63 bits per heavy atom. The number of aryl methyl sites for hydroxylation is 1. The first kappa shape index (κ1) is 14.3. The maximum Gasteiger partial charge on any atom is 0.223 e. The molecule has 1 atom stereocenters. The van der Waals surface area contributed by atoms with Gasteiger partial charge in [0.05, 0.1) is 11.8 Å². The summed E-state index contributed by atoms with van der Waals surface area (Å²) in [6.07, 6.45) is 1.22. The van der Waals surface area contributed by atoms with E-state index in [4.69, 9.17) is 5.11 Å². The minimum atomic E-state index is -0.484. The summed E-state index contributed by atoms with van der Waals surface area (Å²) >= 11 is 1.66. The molecule has 1 aliphatic heterocycles. The van der Waals surface area contributed by atoms with Crippen LogP contribution in [0.1, 0.15) is 25.5 Å². The first-order chi connectivity index (χ1) is 9.06. The SMILES string of the molecule is Cc1csc(N2CCC(C(=O)NCC(C)O)CC2)n1. The lowest BCUT2D eigenvalue weighted by Crippen LogP contribution is -2.42. The Hall–Kier alpha value is -1.14. The van der Waals surface area contributed by atoms with E-state index in [1.165, 1.54) is 0 Å². The van der Waals surface area contributed by atoms with Gasteiger partial charge in [0.1, 0.15) is 0 Å². The summed E-state index contributed by atoms with van der Waals surface area (Å²) in [6.45, 7) is 5.76. The fraction of sp³-hybridized carbons (Fsp3) is 0.692. The highest BCUT2D eigenvalue weighted by Gasteiger charge is 2.26. The summed E-state index contributed by atoms with van der Waals surface area (Å²) < 4.78 is 0. The van der Waals surface area contributed by atoms with Crippen molar-refractivity contribution in [1.82, 2.24) is 10.3 Å². The highest BCUT2D eigenvalue weighted by atomic mass is 32.1. The molecule has 0 radical (unpaired) electrons. The summed E-state index contributed by atoms with van der Waals surface area (Å²) in [5.41, 5.74) is 1.05. The molecule has 1 fully saturated rings. The van der Waals surface area contributed by atoms with Crippen LogP contribution in [0, 0.1) is 12.8 Å². The topological polar surface area (TPSA) is 65.5 Å². The Balaban J connectivity index is 1.80. The molecule has 5 nitrogen and oxygen atoms in total. The van der Waals surface area contributed by atoms with E-state index in [0.717, 1.165) is 36.8 Å². The molecule has 1 aromatic rings. The Labute approximate surface area is 117 Å². The zero-order valence-electron chi connectivity index (χ0n) is 11.4. The van der Waals surface area contributed by atoms with Crippen LogP contribution in [0.25, 0.3) is 0 Å². The number of amides is 1. The third kappa shape index (κ3) is 3.91. The zero-order valence-corrected chi connectivity index (χ0v) is 12.2. The summed E-state index contributed by atoms with van der Waals surface area (Å²) in [5, 5.41) is 15.1. The van der Waals surface area contributed by atoms with Crippen molar-refractivity contribution >= 4 is 22.4 Å². The Bertz CT molecular complexity index is 425.